The van der Waals surface area contributed by atoms with Crippen molar-refractivity contribution in [1.82, 2.24) is 0 Å². The van der Waals surface area contributed by atoms with Gasteiger partial charge in [-0.15, -0.1) is 0 Å². The number of hydrogen-bond donors (Lipinski definition) is 1. The maximum absolute atomic E-state index is 13.8. The van der Waals surface area contributed by atoms with Gasteiger partial charge in [0, 0.05) is 5.69 Å². The molecule has 1 heterocycles. The zero-order valence-corrected chi connectivity index (χ0v) is 19.6. The summed E-state index contributed by atoms with van der Waals surface area (Å²) in [4.78, 5) is 28.7. The molecule has 33 heavy (non-hydrogen) atoms. The summed E-state index contributed by atoms with van der Waals surface area (Å²) >= 11 is 0. The second kappa shape index (κ2) is 8.94. The molecule has 0 radical (unpaired) electrons. The van der Waals surface area contributed by atoms with Crippen molar-refractivity contribution < 1.29 is 14.3 Å². The highest BCUT2D eigenvalue weighted by molar-refractivity contribution is 6.46. The van der Waals surface area contributed by atoms with Crippen molar-refractivity contribution in [2.45, 2.75) is 40.7 Å². The van der Waals surface area contributed by atoms with E-state index in [0.29, 0.717) is 22.6 Å². The van der Waals surface area contributed by atoms with E-state index in [9.17, 15) is 9.59 Å². The number of rotatable bonds is 6. The van der Waals surface area contributed by atoms with Crippen LogP contribution >= 0.6 is 0 Å². The van der Waals surface area contributed by atoms with Gasteiger partial charge in [0.1, 0.15) is 11.4 Å². The number of anilines is 2. The van der Waals surface area contributed by atoms with Crippen LogP contribution in [0.5, 0.6) is 5.75 Å². The third kappa shape index (κ3) is 4.27. The number of amides is 2. The van der Waals surface area contributed by atoms with Crippen LogP contribution in [-0.4, -0.2) is 17.9 Å². The quantitative estimate of drug-likeness (QED) is 0.493. The normalized spacial score (nSPS) is 13.8. The zero-order valence-electron chi connectivity index (χ0n) is 19.6. The Morgan fingerprint density at radius 2 is 1.48 bits per heavy atom. The number of nitrogens with zero attached hydrogens (tertiary/aromatic N) is 1. The molecule has 1 N–H and O–H groups in total. The Morgan fingerprint density at radius 3 is 2.18 bits per heavy atom. The molecular weight excluding hydrogens is 412 g/mol. The van der Waals surface area contributed by atoms with Gasteiger partial charge in [0.2, 0.25) is 0 Å². The second-order valence-electron chi connectivity index (χ2n) is 8.57. The van der Waals surface area contributed by atoms with Crippen LogP contribution in [0, 0.1) is 20.8 Å². The lowest BCUT2D eigenvalue weighted by Gasteiger charge is -2.20. The molecular formula is C28H28N2O3. The van der Waals surface area contributed by atoms with Gasteiger partial charge in [0.05, 0.1) is 17.4 Å². The van der Waals surface area contributed by atoms with Crippen LogP contribution < -0.4 is 15.0 Å². The van der Waals surface area contributed by atoms with Gasteiger partial charge in [0.15, 0.2) is 0 Å². The molecule has 0 fully saturated rings. The number of imide groups is 1. The van der Waals surface area contributed by atoms with Crippen LogP contribution in [0.15, 0.2) is 72.4 Å². The number of aryl methyl sites for hydroxylation is 3. The molecule has 0 spiro atoms. The Balaban J connectivity index is 1.86. The predicted molar refractivity (Wildman–Crippen MR) is 132 cm³/mol. The monoisotopic (exact) mass is 440 g/mol. The van der Waals surface area contributed by atoms with Gasteiger partial charge in [-0.1, -0.05) is 48.5 Å². The summed E-state index contributed by atoms with van der Waals surface area (Å²) in [6, 6.07) is 20.7. The van der Waals surface area contributed by atoms with Gasteiger partial charge >= 0.3 is 0 Å². The van der Waals surface area contributed by atoms with Crippen LogP contribution in [-0.2, 0) is 9.59 Å². The van der Waals surface area contributed by atoms with E-state index in [1.165, 1.54) is 4.90 Å². The minimum atomic E-state index is -0.406. The summed E-state index contributed by atoms with van der Waals surface area (Å²) in [5, 5.41) is 3.26. The fourth-order valence-corrected chi connectivity index (χ4v) is 3.87. The lowest BCUT2D eigenvalue weighted by atomic mass is 9.99. The first-order valence-corrected chi connectivity index (χ1v) is 11.1. The van der Waals surface area contributed by atoms with E-state index in [4.69, 9.17) is 4.74 Å². The standard InChI is InChI=1S/C28H28N2O3/c1-17(2)33-24-13-9-8-12-23(24)30-27(31)25(21-15-14-18(3)20(5)16-21)26(28(30)32)29-22-11-7-6-10-19(22)4/h6-17,29H,1-5H3. The Bertz CT molecular complexity index is 1270. The lowest BCUT2D eigenvalue weighted by molar-refractivity contribution is -0.120. The molecule has 3 aromatic carbocycles. The first kappa shape index (κ1) is 22.3. The molecule has 0 bridgehead atoms. The summed E-state index contributed by atoms with van der Waals surface area (Å²) in [7, 11) is 0. The Labute approximate surface area is 194 Å². The average Bonchev–Trinajstić information content (AvgIpc) is 3.01. The Kier molecular flexibility index (Phi) is 6.05. The average molecular weight is 441 g/mol. The molecule has 0 aliphatic carbocycles. The van der Waals surface area contributed by atoms with E-state index < -0.39 is 5.91 Å². The Hall–Kier alpha value is -3.86. The predicted octanol–water partition coefficient (Wildman–Crippen LogP) is 5.80. The summed E-state index contributed by atoms with van der Waals surface area (Å²) in [6.07, 6.45) is -0.101. The molecule has 5 heteroatoms. The zero-order chi connectivity index (χ0) is 23.7. The largest absolute Gasteiger partial charge is 0.489 e. The van der Waals surface area contributed by atoms with Gasteiger partial charge in [-0.25, -0.2) is 4.90 Å². The maximum atomic E-state index is 13.8. The van der Waals surface area contributed by atoms with Crippen LogP contribution in [0.3, 0.4) is 0 Å². The Morgan fingerprint density at radius 1 is 0.788 bits per heavy atom. The van der Waals surface area contributed by atoms with Gasteiger partial charge in [0.25, 0.3) is 11.8 Å². The van der Waals surface area contributed by atoms with Crippen molar-refractivity contribution in [3.8, 4) is 5.75 Å². The summed E-state index contributed by atoms with van der Waals surface area (Å²) in [5.41, 5.74) is 5.69. The van der Waals surface area contributed by atoms with E-state index >= 15 is 0 Å². The maximum Gasteiger partial charge on any atom is 0.282 e. The van der Waals surface area contributed by atoms with Crippen LogP contribution in [0.2, 0.25) is 0 Å². The lowest BCUT2D eigenvalue weighted by Crippen LogP contribution is -2.33. The van der Waals surface area contributed by atoms with Crippen molar-refractivity contribution in [3.63, 3.8) is 0 Å². The van der Waals surface area contributed by atoms with Crippen LogP contribution in [0.4, 0.5) is 11.4 Å². The third-order valence-corrected chi connectivity index (χ3v) is 5.75. The van der Waals surface area contributed by atoms with E-state index in [1.54, 1.807) is 18.2 Å². The number of nitrogens with one attached hydrogen (secondary N) is 1. The highest BCUT2D eigenvalue weighted by Gasteiger charge is 2.41. The third-order valence-electron chi connectivity index (χ3n) is 5.75. The first-order valence-electron chi connectivity index (χ1n) is 11.1. The van der Waals surface area contributed by atoms with Gasteiger partial charge in [-0.05, 0) is 75.1 Å². The fraction of sp³-hybridized carbons (Fsp3) is 0.214. The molecule has 0 atom stereocenters. The number of para-hydroxylation sites is 3. The first-order chi connectivity index (χ1) is 15.8. The molecule has 2 amide bonds. The van der Waals surface area contributed by atoms with Gasteiger partial charge in [-0.3, -0.25) is 9.59 Å². The van der Waals surface area contributed by atoms with Crippen LogP contribution in [0.25, 0.3) is 5.57 Å². The van der Waals surface area contributed by atoms with Crippen LogP contribution in [0.1, 0.15) is 36.1 Å². The van der Waals surface area contributed by atoms with Crippen molar-refractivity contribution in [2.75, 3.05) is 10.2 Å². The molecule has 1 aliphatic heterocycles. The van der Waals surface area contributed by atoms with Crippen molar-refractivity contribution in [2.24, 2.45) is 0 Å². The number of carbonyl (C=O) groups excluding carboxylic acids is 2. The smallest absolute Gasteiger partial charge is 0.282 e. The molecule has 168 valence electrons. The van der Waals surface area contributed by atoms with E-state index in [1.807, 2.05) is 83.1 Å². The molecule has 0 saturated carbocycles. The van der Waals surface area contributed by atoms with Crippen molar-refractivity contribution >= 4 is 28.8 Å². The minimum Gasteiger partial charge on any atom is -0.489 e. The molecule has 0 unspecified atom stereocenters. The summed E-state index contributed by atoms with van der Waals surface area (Å²) < 4.78 is 5.92. The molecule has 0 aromatic heterocycles. The second-order valence-corrected chi connectivity index (χ2v) is 8.57. The van der Waals surface area contributed by atoms with E-state index in [-0.39, 0.29) is 17.7 Å². The SMILES string of the molecule is Cc1ccc(C2=C(Nc3ccccc3C)C(=O)N(c3ccccc3OC(C)C)C2=O)cc1C. The van der Waals surface area contributed by atoms with E-state index in [2.05, 4.69) is 5.32 Å². The number of benzene rings is 3. The minimum absolute atomic E-state index is 0.101. The number of carbonyl (C=O) groups is 2. The number of ether oxygens (including phenoxy) is 1. The molecule has 3 aromatic rings. The fourth-order valence-electron chi connectivity index (χ4n) is 3.87. The highest BCUT2D eigenvalue weighted by Crippen LogP contribution is 2.38. The highest BCUT2D eigenvalue weighted by atomic mass is 16.5. The van der Waals surface area contributed by atoms with E-state index in [0.717, 1.165) is 22.4 Å². The molecule has 0 saturated heterocycles. The van der Waals surface area contributed by atoms with Gasteiger partial charge in [-0.2, -0.15) is 0 Å². The molecule has 1 aliphatic rings. The summed E-state index contributed by atoms with van der Waals surface area (Å²) in [5.74, 6) is -0.291. The number of hydrogen-bond acceptors (Lipinski definition) is 4. The molecule has 5 nitrogen and oxygen atoms in total. The summed E-state index contributed by atoms with van der Waals surface area (Å²) in [6.45, 7) is 9.80. The molecule has 4 rings (SSSR count). The van der Waals surface area contributed by atoms with Gasteiger partial charge < -0.3 is 10.1 Å². The van der Waals surface area contributed by atoms with Crippen molar-refractivity contribution in [1.29, 1.82) is 0 Å². The topological polar surface area (TPSA) is 58.6 Å². The van der Waals surface area contributed by atoms with Crippen molar-refractivity contribution in [3.05, 3.63) is 94.7 Å².